The molecule has 1 fully saturated rings. The number of aromatic amines is 2. The van der Waals surface area contributed by atoms with Crippen molar-refractivity contribution in [1.82, 2.24) is 24.7 Å². The van der Waals surface area contributed by atoms with Crippen LogP contribution < -0.4 is 18.9 Å². The van der Waals surface area contributed by atoms with Gasteiger partial charge in [0.05, 0.1) is 25.7 Å². The molecule has 5 aliphatic rings. The van der Waals surface area contributed by atoms with Crippen LogP contribution in [0.4, 0.5) is 0 Å². The number of alkyl halides is 1. The molecular formula is C44H38ClN5O9. The molecule has 4 aromatic carbocycles. The molecule has 0 aliphatic carbocycles. The van der Waals surface area contributed by atoms with Gasteiger partial charge in [-0.25, -0.2) is 4.79 Å². The lowest BCUT2D eigenvalue weighted by molar-refractivity contribution is -0.157. The van der Waals surface area contributed by atoms with Crippen LogP contribution in [0.2, 0.25) is 0 Å². The average molecular weight is 816 g/mol. The van der Waals surface area contributed by atoms with Gasteiger partial charge in [-0.1, -0.05) is 48.5 Å². The predicted octanol–water partition coefficient (Wildman–Crippen LogP) is 5.36. The van der Waals surface area contributed by atoms with Crippen LogP contribution in [0.3, 0.4) is 0 Å². The van der Waals surface area contributed by atoms with Gasteiger partial charge in [-0.05, 0) is 58.7 Å². The molecule has 5 aliphatic heterocycles. The molecule has 0 radical (unpaired) electrons. The number of fused-ring (bicyclic) bond motifs is 9. The van der Waals surface area contributed by atoms with Gasteiger partial charge in [-0.3, -0.25) is 14.4 Å². The van der Waals surface area contributed by atoms with Gasteiger partial charge in [0.25, 0.3) is 0 Å². The molecule has 0 bridgehead atoms. The second-order valence-electron chi connectivity index (χ2n) is 15.0. The Labute approximate surface area is 342 Å². The molecule has 15 heteroatoms. The van der Waals surface area contributed by atoms with E-state index < -0.39 is 24.1 Å². The van der Waals surface area contributed by atoms with E-state index in [1.807, 2.05) is 78.9 Å². The molecule has 2 aromatic heterocycles. The maximum atomic E-state index is 13.1. The molecule has 1 saturated heterocycles. The van der Waals surface area contributed by atoms with Crippen LogP contribution >= 0.6 is 11.6 Å². The summed E-state index contributed by atoms with van der Waals surface area (Å²) in [5, 5.41) is 2.12. The fourth-order valence-corrected chi connectivity index (χ4v) is 9.39. The number of nitrogens with one attached hydrogen (secondary N) is 2. The summed E-state index contributed by atoms with van der Waals surface area (Å²) in [6.45, 7) is 0.428. The quantitative estimate of drug-likeness (QED) is 0.177. The number of amides is 3. The molecule has 6 aromatic rings. The van der Waals surface area contributed by atoms with Crippen molar-refractivity contribution in [3.05, 3.63) is 119 Å². The van der Waals surface area contributed by atoms with Crippen LogP contribution in [0.1, 0.15) is 45.7 Å². The highest BCUT2D eigenvalue weighted by Crippen LogP contribution is 2.46. The average Bonchev–Trinajstić information content (AvgIpc) is 4.08. The number of hydrogen-bond acceptors (Lipinski definition) is 9. The molecule has 4 atom stereocenters. The van der Waals surface area contributed by atoms with Crippen molar-refractivity contribution in [3.63, 3.8) is 0 Å². The third-order valence-corrected chi connectivity index (χ3v) is 12.1. The summed E-state index contributed by atoms with van der Waals surface area (Å²) in [5.41, 5.74) is 7.55. The number of rotatable bonds is 4. The van der Waals surface area contributed by atoms with Gasteiger partial charge in [0, 0.05) is 53.1 Å². The fraction of sp³-hybridized carbons (Fsp3) is 0.273. The summed E-state index contributed by atoms with van der Waals surface area (Å²) in [4.78, 5) is 63.6. The van der Waals surface area contributed by atoms with E-state index in [1.165, 1.54) is 16.9 Å². The highest BCUT2D eigenvalue weighted by atomic mass is 35.5. The SMILES string of the molecule is CN1CC(=O)N2[C@H](c3ccc4c(c3)OCO4)c3[nH]c4ccccc4c3C[C@@H]2C1=O.COC(=O)[C@H]1Cc2c([nH]c3ccccc23)[C@@H](c2ccc3c(c2)OCO3)N1C(=O)CCl. The van der Waals surface area contributed by atoms with Gasteiger partial charge in [-0.15, -0.1) is 11.6 Å². The zero-order chi connectivity index (χ0) is 40.5. The maximum absolute atomic E-state index is 13.1. The van der Waals surface area contributed by atoms with Gasteiger partial charge in [0.15, 0.2) is 23.0 Å². The monoisotopic (exact) mass is 815 g/mol. The first-order valence-corrected chi connectivity index (χ1v) is 19.8. The number of methoxy groups -OCH3 is 1. The molecule has 11 rings (SSSR count). The van der Waals surface area contributed by atoms with Crippen molar-refractivity contribution in [3.8, 4) is 23.0 Å². The highest BCUT2D eigenvalue weighted by molar-refractivity contribution is 6.27. The summed E-state index contributed by atoms with van der Waals surface area (Å²) in [5.74, 6) is 1.46. The molecule has 0 saturated carbocycles. The Hall–Kier alpha value is -6.67. The largest absolute Gasteiger partial charge is 0.467 e. The van der Waals surface area contributed by atoms with Crippen LogP contribution in [-0.2, 0) is 36.8 Å². The smallest absolute Gasteiger partial charge is 0.328 e. The highest BCUT2D eigenvalue weighted by Gasteiger charge is 2.48. The minimum absolute atomic E-state index is 0.0220. The lowest BCUT2D eigenvalue weighted by atomic mass is 9.86. The molecule has 300 valence electrons. The Kier molecular flexibility index (Phi) is 8.89. The first-order chi connectivity index (χ1) is 28.7. The molecule has 59 heavy (non-hydrogen) atoms. The number of ether oxygens (including phenoxy) is 5. The van der Waals surface area contributed by atoms with Crippen molar-refractivity contribution in [2.75, 3.05) is 40.2 Å². The van der Waals surface area contributed by atoms with Gasteiger partial charge in [-0.2, -0.15) is 0 Å². The van der Waals surface area contributed by atoms with Crippen molar-refractivity contribution in [2.24, 2.45) is 0 Å². The Bertz CT molecular complexity index is 2710. The lowest BCUT2D eigenvalue weighted by Crippen LogP contribution is -2.62. The van der Waals surface area contributed by atoms with Crippen LogP contribution in [0.5, 0.6) is 23.0 Å². The number of carbonyl (C=O) groups is 4. The Morgan fingerprint density at radius 3 is 1.88 bits per heavy atom. The first kappa shape index (κ1) is 36.7. The number of hydrogen-bond donors (Lipinski definition) is 2. The Morgan fingerprint density at radius 1 is 0.746 bits per heavy atom. The van der Waals surface area contributed by atoms with Crippen LogP contribution in [0.15, 0.2) is 84.9 Å². The van der Waals surface area contributed by atoms with E-state index in [9.17, 15) is 19.2 Å². The molecule has 2 N–H and O–H groups in total. The number of aromatic nitrogens is 2. The molecule has 0 unspecified atom stereocenters. The zero-order valence-electron chi connectivity index (χ0n) is 32.0. The standard InChI is InChI=1S/C22H19ClN2O5.C22H19N3O4/c1-28-22(27)16-9-14-13-4-2-3-5-15(13)24-20(14)21(25(16)19(26)10-23)12-6-7-17-18(8-12)30-11-29-17;1-24-10-19(26)25-16(22(24)27)9-14-13-4-2-3-5-15(13)23-20(14)21(25)12-6-7-17-18(8-12)29-11-28-17/h2-8,16,21,24H,9-11H2,1H3;2-8,16,21,23H,9-11H2,1H3/t2*16-,21-/m11/s1. The van der Waals surface area contributed by atoms with Gasteiger partial charge in [0.1, 0.15) is 18.0 Å². The van der Waals surface area contributed by atoms with Crippen molar-refractivity contribution in [1.29, 1.82) is 0 Å². The number of H-pyrrole nitrogens is 2. The first-order valence-electron chi connectivity index (χ1n) is 19.2. The van der Waals surface area contributed by atoms with E-state index in [4.69, 9.17) is 35.3 Å². The van der Waals surface area contributed by atoms with Crippen molar-refractivity contribution >= 4 is 57.1 Å². The van der Waals surface area contributed by atoms with Gasteiger partial charge >= 0.3 is 5.97 Å². The van der Waals surface area contributed by atoms with Crippen LogP contribution in [0, 0.1) is 0 Å². The van der Waals surface area contributed by atoms with Gasteiger partial charge < -0.3 is 48.4 Å². The van der Waals surface area contributed by atoms with E-state index in [-0.39, 0.29) is 49.8 Å². The number of carbonyl (C=O) groups excluding carboxylic acids is 4. The van der Waals surface area contributed by atoms with E-state index >= 15 is 0 Å². The number of piperazine rings is 1. The van der Waals surface area contributed by atoms with E-state index in [1.54, 1.807) is 11.9 Å². The molecular weight excluding hydrogens is 778 g/mol. The molecule has 14 nitrogen and oxygen atoms in total. The van der Waals surface area contributed by atoms with Crippen LogP contribution in [-0.4, -0.2) is 101 Å². The summed E-state index contributed by atoms with van der Waals surface area (Å²) in [7, 11) is 3.02. The zero-order valence-corrected chi connectivity index (χ0v) is 32.8. The normalized spacial score (nSPS) is 21.2. The molecule has 7 heterocycles. The van der Waals surface area contributed by atoms with E-state index in [0.717, 1.165) is 55.4 Å². The second kappa shape index (κ2) is 14.3. The number of benzene rings is 4. The molecule has 3 amide bonds. The Balaban J connectivity index is 0.000000143. The molecule has 0 spiro atoms. The minimum atomic E-state index is -0.789. The fourth-order valence-electron chi connectivity index (χ4n) is 9.25. The number of para-hydroxylation sites is 2. The third-order valence-electron chi connectivity index (χ3n) is 11.9. The van der Waals surface area contributed by atoms with Crippen LogP contribution in [0.25, 0.3) is 21.8 Å². The summed E-state index contributed by atoms with van der Waals surface area (Å²) in [6.07, 6.45) is 0.852. The Morgan fingerprint density at radius 2 is 1.29 bits per heavy atom. The number of nitrogens with zero attached hydrogens (tertiary/aromatic N) is 3. The summed E-state index contributed by atoms with van der Waals surface area (Å²) in [6, 6.07) is 25.0. The van der Waals surface area contributed by atoms with Crippen molar-refractivity contribution in [2.45, 2.75) is 37.0 Å². The lowest BCUT2D eigenvalue weighted by Gasteiger charge is -2.46. The van der Waals surface area contributed by atoms with Crippen molar-refractivity contribution < 1.29 is 42.9 Å². The van der Waals surface area contributed by atoms with Gasteiger partial charge in [0.2, 0.25) is 31.3 Å². The van der Waals surface area contributed by atoms with E-state index in [2.05, 4.69) is 16.0 Å². The van der Waals surface area contributed by atoms with E-state index in [0.29, 0.717) is 35.8 Å². The number of halogens is 1. The summed E-state index contributed by atoms with van der Waals surface area (Å²) < 4.78 is 27.0. The predicted molar refractivity (Wildman–Crippen MR) is 214 cm³/mol. The topological polar surface area (TPSA) is 156 Å². The minimum Gasteiger partial charge on any atom is -0.467 e. The summed E-state index contributed by atoms with van der Waals surface area (Å²) >= 11 is 5.95. The number of esters is 1. The second-order valence-corrected chi connectivity index (χ2v) is 15.3. The third kappa shape index (κ3) is 5.91. The maximum Gasteiger partial charge on any atom is 0.328 e. The number of likely N-dealkylation sites (N-methyl/N-ethyl adjacent to an activating group) is 1.